The van der Waals surface area contributed by atoms with Crippen molar-refractivity contribution in [2.45, 2.75) is 13.5 Å². The molecule has 7 heteroatoms. The van der Waals surface area contributed by atoms with Crippen LogP contribution in [0.1, 0.15) is 21.7 Å². The van der Waals surface area contributed by atoms with Crippen LogP contribution in [0, 0.1) is 6.92 Å². The van der Waals surface area contributed by atoms with Crippen molar-refractivity contribution < 1.29 is 4.79 Å². The zero-order valence-corrected chi connectivity index (χ0v) is 14.5. The van der Waals surface area contributed by atoms with Gasteiger partial charge in [-0.3, -0.25) is 9.48 Å². The molecule has 0 aliphatic heterocycles. The molecule has 0 aliphatic rings. The van der Waals surface area contributed by atoms with Crippen molar-refractivity contribution in [1.29, 1.82) is 0 Å². The lowest BCUT2D eigenvalue weighted by Crippen LogP contribution is -2.28. The maximum absolute atomic E-state index is 12.6. The number of aromatic nitrogens is 4. The Bertz CT molecular complexity index is 852. The number of amides is 1. The van der Waals surface area contributed by atoms with Gasteiger partial charge in [0.1, 0.15) is 5.69 Å². The first-order valence-electron chi connectivity index (χ1n) is 7.51. The van der Waals surface area contributed by atoms with Gasteiger partial charge in [0.15, 0.2) is 0 Å². The fourth-order valence-electron chi connectivity index (χ4n) is 2.57. The Hall–Kier alpha value is -2.60. The van der Waals surface area contributed by atoms with Gasteiger partial charge in [0, 0.05) is 33.0 Å². The van der Waals surface area contributed by atoms with Crippen LogP contribution in [0.4, 0.5) is 0 Å². The fraction of sp³-hybridized carbons (Fsp3) is 0.235. The first-order chi connectivity index (χ1) is 11.5. The third kappa shape index (κ3) is 3.05. The zero-order chi connectivity index (χ0) is 17.3. The number of hydrogen-bond acceptors (Lipinski definition) is 3. The average molecular weight is 344 g/mol. The number of carbonyl (C=O) groups excluding carboxylic acids is 1. The van der Waals surface area contributed by atoms with Gasteiger partial charge in [0.2, 0.25) is 0 Å². The van der Waals surface area contributed by atoms with E-state index in [-0.39, 0.29) is 5.91 Å². The molecule has 3 rings (SSSR count). The lowest BCUT2D eigenvalue weighted by Gasteiger charge is -2.17. The van der Waals surface area contributed by atoms with Gasteiger partial charge in [-0.25, -0.2) is 4.68 Å². The molecule has 0 saturated heterocycles. The molecule has 0 radical (unpaired) electrons. The molecule has 24 heavy (non-hydrogen) atoms. The summed E-state index contributed by atoms with van der Waals surface area (Å²) in [6.07, 6.45) is 3.62. The van der Waals surface area contributed by atoms with Crippen LogP contribution in [-0.2, 0) is 13.6 Å². The van der Waals surface area contributed by atoms with E-state index in [1.165, 1.54) is 4.68 Å². The molecule has 124 valence electrons. The van der Waals surface area contributed by atoms with Crippen LogP contribution in [0.15, 0.2) is 42.7 Å². The van der Waals surface area contributed by atoms with Crippen LogP contribution >= 0.6 is 11.6 Å². The summed E-state index contributed by atoms with van der Waals surface area (Å²) in [6, 6.07) is 9.79. The van der Waals surface area contributed by atoms with E-state index in [1.807, 2.05) is 36.5 Å². The molecule has 1 amide bonds. The molecule has 6 nitrogen and oxygen atoms in total. The summed E-state index contributed by atoms with van der Waals surface area (Å²) >= 11 is 6.19. The Kier molecular flexibility index (Phi) is 4.40. The second kappa shape index (κ2) is 6.49. The molecule has 2 aromatic heterocycles. The number of hydrogen-bond donors (Lipinski definition) is 0. The first kappa shape index (κ1) is 16.3. The molecule has 3 aromatic rings. The highest BCUT2D eigenvalue weighted by Crippen LogP contribution is 2.21. The Morgan fingerprint density at radius 2 is 2.00 bits per heavy atom. The number of benzene rings is 1. The van der Waals surface area contributed by atoms with Crippen LogP contribution in [0.25, 0.3) is 5.69 Å². The van der Waals surface area contributed by atoms with Gasteiger partial charge in [-0.15, -0.1) is 0 Å². The van der Waals surface area contributed by atoms with Crippen LogP contribution in [0.2, 0.25) is 5.02 Å². The van der Waals surface area contributed by atoms with E-state index in [4.69, 9.17) is 11.6 Å². The van der Waals surface area contributed by atoms with E-state index in [0.717, 1.165) is 11.3 Å². The molecular weight excluding hydrogens is 326 g/mol. The predicted molar refractivity (Wildman–Crippen MR) is 92.3 cm³/mol. The van der Waals surface area contributed by atoms with Gasteiger partial charge < -0.3 is 4.90 Å². The monoisotopic (exact) mass is 343 g/mol. The summed E-state index contributed by atoms with van der Waals surface area (Å²) in [4.78, 5) is 14.3. The summed E-state index contributed by atoms with van der Waals surface area (Å²) in [5.41, 5.74) is 3.06. The van der Waals surface area contributed by atoms with Gasteiger partial charge in [0.05, 0.1) is 16.4 Å². The summed E-state index contributed by atoms with van der Waals surface area (Å²) in [6.45, 7) is 2.27. The normalized spacial score (nSPS) is 10.8. The molecule has 0 atom stereocenters. The highest BCUT2D eigenvalue weighted by Gasteiger charge is 2.22. The topological polar surface area (TPSA) is 56.0 Å². The molecule has 2 heterocycles. The minimum Gasteiger partial charge on any atom is -0.336 e. The molecule has 0 N–H and O–H groups in total. The molecular formula is C17H18ClN5O. The van der Waals surface area contributed by atoms with Crippen molar-refractivity contribution in [1.82, 2.24) is 24.5 Å². The maximum Gasteiger partial charge on any atom is 0.273 e. The molecule has 0 spiro atoms. The largest absolute Gasteiger partial charge is 0.336 e. The number of rotatable bonds is 4. The van der Waals surface area contributed by atoms with Crippen LogP contribution in [-0.4, -0.2) is 37.4 Å². The van der Waals surface area contributed by atoms with Crippen LogP contribution < -0.4 is 0 Å². The number of halogens is 1. The smallest absolute Gasteiger partial charge is 0.273 e. The second-order valence-electron chi connectivity index (χ2n) is 5.65. The molecule has 1 aromatic carbocycles. The lowest BCUT2D eigenvalue weighted by atomic mass is 10.2. The summed E-state index contributed by atoms with van der Waals surface area (Å²) in [7, 11) is 3.47. The van der Waals surface area contributed by atoms with Crippen LogP contribution in [0.5, 0.6) is 0 Å². The first-order valence-corrected chi connectivity index (χ1v) is 7.88. The Balaban J connectivity index is 1.74. The third-order valence-electron chi connectivity index (χ3n) is 3.82. The van der Waals surface area contributed by atoms with E-state index >= 15 is 0 Å². The summed E-state index contributed by atoms with van der Waals surface area (Å²) < 4.78 is 3.31. The fourth-order valence-corrected chi connectivity index (χ4v) is 2.81. The highest BCUT2D eigenvalue weighted by atomic mass is 35.5. The predicted octanol–water partition coefficient (Wildman–Crippen LogP) is 2.84. The van der Waals surface area contributed by atoms with E-state index in [1.54, 1.807) is 36.8 Å². The Morgan fingerprint density at radius 1 is 1.29 bits per heavy atom. The number of carbonyl (C=O) groups is 1. The van der Waals surface area contributed by atoms with Crippen LogP contribution in [0.3, 0.4) is 0 Å². The van der Waals surface area contributed by atoms with Crippen molar-refractivity contribution in [2.24, 2.45) is 7.05 Å². The molecule has 0 unspecified atom stereocenters. The Morgan fingerprint density at radius 3 is 2.54 bits per heavy atom. The van der Waals surface area contributed by atoms with Gasteiger partial charge in [0.25, 0.3) is 5.91 Å². The van der Waals surface area contributed by atoms with Gasteiger partial charge >= 0.3 is 0 Å². The minimum atomic E-state index is -0.153. The van der Waals surface area contributed by atoms with Crippen molar-refractivity contribution in [3.63, 3.8) is 0 Å². The summed E-state index contributed by atoms with van der Waals surface area (Å²) in [5, 5.41) is 8.79. The molecule has 0 aliphatic carbocycles. The van der Waals surface area contributed by atoms with Crippen molar-refractivity contribution >= 4 is 17.5 Å². The molecule has 0 bridgehead atoms. The average Bonchev–Trinajstić information content (AvgIpc) is 3.17. The van der Waals surface area contributed by atoms with E-state index < -0.39 is 0 Å². The van der Waals surface area contributed by atoms with E-state index in [0.29, 0.717) is 23.0 Å². The molecule has 0 saturated carbocycles. The third-order valence-corrected chi connectivity index (χ3v) is 4.28. The lowest BCUT2D eigenvalue weighted by molar-refractivity contribution is 0.0774. The van der Waals surface area contributed by atoms with Crippen molar-refractivity contribution in [2.75, 3.05) is 7.05 Å². The summed E-state index contributed by atoms with van der Waals surface area (Å²) in [5.74, 6) is -0.153. The molecule has 0 fully saturated rings. The van der Waals surface area contributed by atoms with Gasteiger partial charge in [-0.2, -0.15) is 10.2 Å². The minimum absolute atomic E-state index is 0.153. The van der Waals surface area contributed by atoms with Crippen molar-refractivity contribution in [3.8, 4) is 5.69 Å². The van der Waals surface area contributed by atoms with E-state index in [2.05, 4.69) is 10.2 Å². The van der Waals surface area contributed by atoms with Gasteiger partial charge in [-0.1, -0.05) is 23.7 Å². The maximum atomic E-state index is 12.6. The number of nitrogens with zero attached hydrogens (tertiary/aromatic N) is 5. The SMILES string of the molecule is Cc1nn(C)c(C(=O)N(C)Cc2ccc(-n3cccn3)cc2)c1Cl. The van der Waals surface area contributed by atoms with Gasteiger partial charge in [-0.05, 0) is 30.7 Å². The second-order valence-corrected chi connectivity index (χ2v) is 6.03. The zero-order valence-electron chi connectivity index (χ0n) is 13.8. The van der Waals surface area contributed by atoms with E-state index in [9.17, 15) is 4.79 Å². The standard InChI is InChI=1S/C17H18ClN5O/c1-12-15(18)16(22(3)20-12)17(24)21(2)11-13-5-7-14(8-6-13)23-10-4-9-19-23/h4-10H,11H2,1-3H3. The highest BCUT2D eigenvalue weighted by molar-refractivity contribution is 6.34. The number of aryl methyl sites for hydroxylation is 2. The Labute approximate surface area is 145 Å². The van der Waals surface area contributed by atoms with Crippen molar-refractivity contribution in [3.05, 3.63) is 64.7 Å². The quantitative estimate of drug-likeness (QED) is 0.732.